The molecule has 10 aromatic carbocycles. The van der Waals surface area contributed by atoms with Crippen molar-refractivity contribution in [2.24, 2.45) is 0 Å². The molecule has 14 aromatic rings. The summed E-state index contributed by atoms with van der Waals surface area (Å²) in [6, 6.07) is 67.1. The third-order valence-corrected chi connectivity index (χ3v) is 22.9. The van der Waals surface area contributed by atoms with Crippen molar-refractivity contribution in [3.8, 4) is 73.8 Å². The summed E-state index contributed by atoms with van der Waals surface area (Å²) in [4.78, 5) is 117. The van der Waals surface area contributed by atoms with Crippen molar-refractivity contribution in [3.05, 3.63) is 284 Å². The van der Waals surface area contributed by atoms with Crippen LogP contribution in [0.4, 0.5) is 24.9 Å². The zero-order chi connectivity index (χ0) is 96.4. The third-order valence-electron chi connectivity index (χ3n) is 22.9. The van der Waals surface area contributed by atoms with Crippen LogP contribution in [0.1, 0.15) is 158 Å². The molecule has 30 heteroatoms. The number of rotatable bonds is 17. The topological polar surface area (TPSA) is 343 Å². The number of fused-ring (bicyclic) bond motifs is 8. The van der Waals surface area contributed by atoms with Crippen LogP contribution in [0, 0.1) is 10.1 Å². The normalized spacial score (nSPS) is 13.8. The molecular weight excluding hydrogens is 1730 g/mol. The molecule has 0 saturated carbocycles. The van der Waals surface area contributed by atoms with Crippen molar-refractivity contribution in [1.29, 1.82) is 0 Å². The summed E-state index contributed by atoms with van der Waals surface area (Å²) in [5, 5.41) is 26.0. The van der Waals surface area contributed by atoms with Gasteiger partial charge in [-0.3, -0.25) is 34.2 Å². The minimum Gasteiger partial charge on any atom is -0.497 e. The number of carbonyl (C=O) groups excluding carboxylic acids is 8. The van der Waals surface area contributed by atoms with E-state index in [4.69, 9.17) is 47.4 Å². The third kappa shape index (κ3) is 20.6. The molecule has 5 aliphatic heterocycles. The molecule has 30 nitrogen and oxygen atoms in total. The molecule has 0 atom stereocenters. The Morgan fingerprint density at radius 2 is 0.721 bits per heavy atom. The van der Waals surface area contributed by atoms with Crippen molar-refractivity contribution in [1.82, 2.24) is 44.4 Å². The van der Waals surface area contributed by atoms with Gasteiger partial charge in [-0.15, -0.1) is 0 Å². The standard InChI is InChI=1S/C28H25N3O6.C28H26N2O4.C27H31N3O5.C23H24N2O5/c1-28(2,3)37-27(33)30-22-11-9-19(36-16-17-7-5-4-6-8-17)13-18(22)14-24(30)20-10-12-23(31(34)35)21-15-29-26(32)25(20)21;1-28(2,3)34-27(32)30-23-13-12-21(33-17-18-8-5-4-6-9-18)14-20(23)15-24(30)22-11-7-10-19-16-29-26(31)25(19)22;1-27(2,3)35-26(32)30-22-8-7-20(34-14-11-29-9-12-33-13-10-29)15-19(22)16-23(30)21-6-4-5-18-17-28-25(31)24(18)21;1-23(2,3)30-22(27)25-18-7-6-15(28-4)8-13(18)10-19(25)17-11-16(29-5)9-14-12-24-21(26)20(14)17/h4-14H,15-16H2,1-3H3,(H,29,32);4-15H,16-17H2,1-3H3,(H,29,31);4-8,15-16H,9-14,17H2,1-3H3,(H,28,31);6-11H,12H2,1-5H3,(H,24,26). The van der Waals surface area contributed by atoms with Gasteiger partial charge in [-0.2, -0.15) is 0 Å². The quantitative estimate of drug-likeness (QED) is 0.0374. The number of aromatic nitrogens is 4. The largest absolute Gasteiger partial charge is 0.497 e. The van der Waals surface area contributed by atoms with Gasteiger partial charge in [-0.05, 0) is 226 Å². The molecule has 5 aliphatic rings. The van der Waals surface area contributed by atoms with E-state index in [1.165, 1.54) is 21.3 Å². The Balaban J connectivity index is 0.000000132. The van der Waals surface area contributed by atoms with E-state index in [0.29, 0.717) is 157 Å². The second-order valence-corrected chi connectivity index (χ2v) is 37.2. The predicted molar refractivity (Wildman–Crippen MR) is 515 cm³/mol. The number of nitrogens with one attached hydrogen (secondary N) is 4. The maximum absolute atomic E-state index is 13.4. The van der Waals surface area contributed by atoms with Gasteiger partial charge in [0.2, 0.25) is 0 Å². The molecule has 19 rings (SSSR count). The molecular formula is C106H106N10O20. The van der Waals surface area contributed by atoms with Crippen LogP contribution in [0.3, 0.4) is 0 Å². The second-order valence-electron chi connectivity index (χ2n) is 37.2. The highest BCUT2D eigenvalue weighted by Crippen LogP contribution is 2.44. The molecule has 0 spiro atoms. The van der Waals surface area contributed by atoms with Crippen LogP contribution in [0.5, 0.6) is 28.7 Å². The monoisotopic (exact) mass is 1840 g/mol. The Morgan fingerprint density at radius 1 is 0.368 bits per heavy atom. The van der Waals surface area contributed by atoms with Crippen LogP contribution >= 0.6 is 0 Å². The van der Waals surface area contributed by atoms with E-state index >= 15 is 0 Å². The fourth-order valence-corrected chi connectivity index (χ4v) is 16.9. The van der Waals surface area contributed by atoms with Crippen LogP contribution in [0.15, 0.2) is 218 Å². The highest BCUT2D eigenvalue weighted by Gasteiger charge is 2.37. The summed E-state index contributed by atoms with van der Waals surface area (Å²) < 4.78 is 63.0. The predicted octanol–water partition coefficient (Wildman–Crippen LogP) is 20.1. The molecule has 0 aliphatic carbocycles. The first kappa shape index (κ1) is 93.7. The summed E-state index contributed by atoms with van der Waals surface area (Å²) in [6.07, 6.45) is -2.13. The Bertz CT molecular complexity index is 7050. The Hall–Kier alpha value is -15.6. The summed E-state index contributed by atoms with van der Waals surface area (Å²) in [7, 11) is 3.16. The van der Waals surface area contributed by atoms with E-state index < -0.39 is 57.6 Å². The summed E-state index contributed by atoms with van der Waals surface area (Å²) in [6.45, 7) is 28.7. The van der Waals surface area contributed by atoms with Crippen LogP contribution < -0.4 is 45.0 Å². The molecule has 0 bridgehead atoms. The first-order valence-corrected chi connectivity index (χ1v) is 44.7. The number of benzene rings is 10. The average Bonchev–Trinajstić information content (AvgIpc) is 1.61. The molecule has 4 aromatic heterocycles. The second kappa shape index (κ2) is 38.6. The van der Waals surface area contributed by atoms with Crippen molar-refractivity contribution >= 4 is 97.3 Å². The van der Waals surface area contributed by atoms with E-state index in [1.807, 2.05) is 238 Å². The van der Waals surface area contributed by atoms with Crippen LogP contribution in [0.2, 0.25) is 0 Å². The number of ether oxygens (including phenoxy) is 10. The van der Waals surface area contributed by atoms with E-state index in [-0.39, 0.29) is 35.5 Å². The smallest absolute Gasteiger partial charge is 0.419 e. The number of morpholine rings is 1. The Kier molecular flexibility index (Phi) is 26.6. The lowest BCUT2D eigenvalue weighted by Crippen LogP contribution is -2.38. The number of nitro groups is 1. The van der Waals surface area contributed by atoms with Gasteiger partial charge in [0.15, 0.2) is 0 Å². The number of nitrogens with zero attached hydrogens (tertiary/aromatic N) is 6. The van der Waals surface area contributed by atoms with Gasteiger partial charge in [-0.25, -0.2) is 37.4 Å². The van der Waals surface area contributed by atoms with Crippen molar-refractivity contribution < 1.29 is 90.6 Å². The summed E-state index contributed by atoms with van der Waals surface area (Å²) in [5.74, 6) is 2.43. The summed E-state index contributed by atoms with van der Waals surface area (Å²) in [5.41, 5.74) is 11.2. The molecule has 1 fully saturated rings. The van der Waals surface area contributed by atoms with E-state index in [1.54, 1.807) is 74.5 Å². The number of methoxy groups -OCH3 is 2. The molecule has 4 N–H and O–H groups in total. The van der Waals surface area contributed by atoms with Crippen molar-refractivity contribution in [3.63, 3.8) is 0 Å². The molecule has 0 radical (unpaired) electrons. The van der Waals surface area contributed by atoms with Crippen molar-refractivity contribution in [2.75, 3.05) is 53.7 Å². The molecule has 0 unspecified atom stereocenters. The van der Waals surface area contributed by atoms with Gasteiger partial charge >= 0.3 is 24.4 Å². The fraction of sp³-hybridized carbons (Fsp3) is 0.283. The lowest BCUT2D eigenvalue weighted by Gasteiger charge is -2.26. The van der Waals surface area contributed by atoms with E-state index in [9.17, 15) is 48.5 Å². The molecule has 9 heterocycles. The number of nitro benzene ring substituents is 1. The van der Waals surface area contributed by atoms with Gasteiger partial charge in [0, 0.05) is 89.1 Å². The minimum absolute atomic E-state index is 0.0441. The maximum atomic E-state index is 13.4. The first-order chi connectivity index (χ1) is 64.9. The van der Waals surface area contributed by atoms with Crippen LogP contribution in [0.25, 0.3) is 88.6 Å². The molecule has 1 saturated heterocycles. The number of amides is 4. The van der Waals surface area contributed by atoms with Gasteiger partial charge in [0.05, 0.1) is 112 Å². The SMILES string of the molecule is CC(C)(C)OC(=O)n1c(-c2ccc([N+](=O)[O-])c3c2C(=O)NC3)cc2cc(OCc3ccccc3)ccc21.CC(C)(C)OC(=O)n1c(-c2cccc3c2C(=O)NC3)cc2cc(OCCN3CCOCC3)ccc21.CC(C)(C)OC(=O)n1c(-c2cccc3c2C(=O)NC3)cc2cc(OCc3ccccc3)ccc21.COc1cc2c(c(-c3cc4cc(OC)ccc4n3C(=O)OC(C)(C)C)c1)C(=O)NC2. The van der Waals surface area contributed by atoms with Gasteiger partial charge in [0.25, 0.3) is 29.3 Å². The minimum atomic E-state index is -0.765. The van der Waals surface area contributed by atoms with Crippen LogP contribution in [-0.2, 0) is 63.1 Å². The highest BCUT2D eigenvalue weighted by atomic mass is 16.6. The lowest BCUT2D eigenvalue weighted by molar-refractivity contribution is -0.385. The van der Waals surface area contributed by atoms with E-state index in [0.717, 1.165) is 82.6 Å². The number of carbonyl (C=O) groups is 8. The number of hydrogen-bond donors (Lipinski definition) is 4. The molecule has 136 heavy (non-hydrogen) atoms. The number of hydrogen-bond acceptors (Lipinski definition) is 21. The molecule has 700 valence electrons. The zero-order valence-electron chi connectivity index (χ0n) is 78.1. The highest BCUT2D eigenvalue weighted by molar-refractivity contribution is 6.11. The fourth-order valence-electron chi connectivity index (χ4n) is 16.9. The van der Waals surface area contributed by atoms with Crippen LogP contribution in [-0.4, -0.2) is 152 Å². The average molecular weight is 1840 g/mol. The lowest BCUT2D eigenvalue weighted by atomic mass is 9.98. The first-order valence-electron chi connectivity index (χ1n) is 44.7. The molecule has 4 amide bonds. The van der Waals surface area contributed by atoms with Crippen molar-refractivity contribution in [2.45, 2.75) is 145 Å². The Labute approximate surface area is 784 Å². The van der Waals surface area contributed by atoms with Gasteiger partial charge < -0.3 is 68.6 Å². The maximum Gasteiger partial charge on any atom is 0.419 e. The van der Waals surface area contributed by atoms with E-state index in [2.05, 4.69) is 26.2 Å². The zero-order valence-corrected chi connectivity index (χ0v) is 78.1. The summed E-state index contributed by atoms with van der Waals surface area (Å²) >= 11 is 0. The van der Waals surface area contributed by atoms with Gasteiger partial charge in [0.1, 0.15) is 71.0 Å². The Morgan fingerprint density at radius 3 is 1.12 bits per heavy atom. The van der Waals surface area contributed by atoms with Gasteiger partial charge in [-0.1, -0.05) is 97.1 Å².